The molecule has 10 rings (SSSR count). The number of alkyl halides is 3. The molecule has 602 valence electrons. The number of benzene rings is 9. The van der Waals surface area contributed by atoms with Crippen molar-refractivity contribution in [1.29, 1.82) is 0 Å². The number of hydrogen-bond acceptors (Lipinski definition) is 14. The number of nitrogens with one attached hydrogen (secondary N) is 3. The number of amides is 3. The molecular formula is C86H94BCl3F3IN3NaO15S. The molecule has 1 fully saturated rings. The van der Waals surface area contributed by atoms with Gasteiger partial charge in [-0.25, -0.2) is 14.4 Å². The molecule has 1 aliphatic heterocycles. The smallest absolute Gasteiger partial charge is 0.870 e. The third-order valence-electron chi connectivity index (χ3n) is 18.0. The van der Waals surface area contributed by atoms with E-state index in [1.807, 2.05) is 151 Å². The zero-order valence-electron chi connectivity index (χ0n) is 66.5. The minimum absolute atomic E-state index is 0. The van der Waals surface area contributed by atoms with E-state index in [1.54, 1.807) is 65.8 Å². The molecule has 5 N–H and O–H groups in total. The number of hydrogen-bond donors (Lipinski definition) is 4. The summed E-state index contributed by atoms with van der Waals surface area (Å²) in [6, 6.07) is 61.7. The summed E-state index contributed by atoms with van der Waals surface area (Å²) >= 11 is 18.4. The fraction of sp³-hybridized carbons (Fsp3) is 0.302. The molecule has 1 heterocycles. The summed E-state index contributed by atoms with van der Waals surface area (Å²) in [4.78, 5) is 72.6. The first-order chi connectivity index (χ1) is 51.8. The number of carbonyl (C=O) groups is 6. The third-order valence-corrected chi connectivity index (χ3v) is 19.7. The van der Waals surface area contributed by atoms with E-state index < -0.39 is 74.2 Å². The number of carboxylic acid groups (broad SMARTS) is 1. The second-order valence-electron chi connectivity index (χ2n) is 29.1. The van der Waals surface area contributed by atoms with Gasteiger partial charge in [0.1, 0.15) is 16.6 Å². The van der Waals surface area contributed by atoms with Crippen LogP contribution in [0.3, 0.4) is 0 Å². The van der Waals surface area contributed by atoms with Gasteiger partial charge in [-0.1, -0.05) is 209 Å². The average molecular weight is 1770 g/mol. The first-order valence-electron chi connectivity index (χ1n) is 35.6. The first kappa shape index (κ1) is 98.2. The second-order valence-corrected chi connectivity index (χ2v) is 32.0. The number of aliphatic carboxylic acids is 1. The predicted molar refractivity (Wildman–Crippen MR) is 450 cm³/mol. The van der Waals surface area contributed by atoms with E-state index >= 15 is 0 Å². The van der Waals surface area contributed by atoms with Crippen molar-refractivity contribution in [2.45, 2.75) is 156 Å². The van der Waals surface area contributed by atoms with Gasteiger partial charge in [0.05, 0.1) is 43.7 Å². The van der Waals surface area contributed by atoms with Gasteiger partial charge in [0.15, 0.2) is 5.75 Å². The molecule has 0 spiro atoms. The molecule has 28 heteroatoms. The monoisotopic (exact) mass is 1760 g/mol. The number of esters is 2. The van der Waals surface area contributed by atoms with Gasteiger partial charge in [-0.15, -0.1) is 24.0 Å². The molecule has 9 aromatic carbocycles. The summed E-state index contributed by atoms with van der Waals surface area (Å²) < 4.78 is 86.1. The van der Waals surface area contributed by atoms with Crippen molar-refractivity contribution < 1.29 is 113 Å². The van der Waals surface area contributed by atoms with Crippen molar-refractivity contribution in [1.82, 2.24) is 16.0 Å². The SMILES string of the molecule is CCOC(=O)C(C)(C)NC(=O)Cc1cccc(-c2ccc(Cl)cc2-c2ccc(C)cc2)c1.CCOC(=O)C(C)(C)NC(=O)Cc1cccc(B2OC(C)(C)C(C)(C)O2)c1.Cc1ccc(-c2cc(Cl)ccc2-c2cccc(CC(=O)NC(C)(C)C(=O)O)c2)cc1.Cc1ccc(-c2cc(Cl)ccc2OS(=O)(=O)C(F)(F)F)cc1.I.[Na+].[OH-]. The molecule has 0 aromatic heterocycles. The zero-order valence-corrected chi connectivity index (χ0v) is 73.9. The molecule has 1 aliphatic rings. The summed E-state index contributed by atoms with van der Waals surface area (Å²) in [6.07, 6.45) is 0.401. The van der Waals surface area contributed by atoms with Crippen LogP contribution in [0, 0.1) is 20.8 Å². The fourth-order valence-corrected chi connectivity index (χ4v) is 12.2. The van der Waals surface area contributed by atoms with Crippen LogP contribution in [0.2, 0.25) is 15.1 Å². The Morgan fingerprint density at radius 1 is 0.456 bits per heavy atom. The van der Waals surface area contributed by atoms with Crippen LogP contribution >= 0.6 is 58.8 Å². The van der Waals surface area contributed by atoms with Gasteiger partial charge in [0, 0.05) is 20.6 Å². The Hall–Kier alpha value is -8.12. The minimum Gasteiger partial charge on any atom is -0.870 e. The molecule has 114 heavy (non-hydrogen) atoms. The van der Waals surface area contributed by atoms with Crippen LogP contribution in [0.15, 0.2) is 200 Å². The molecular weight excluding hydrogens is 1670 g/mol. The largest absolute Gasteiger partial charge is 1.00 e. The van der Waals surface area contributed by atoms with Gasteiger partial charge in [0.2, 0.25) is 17.7 Å². The van der Waals surface area contributed by atoms with Gasteiger partial charge in [-0.2, -0.15) is 21.6 Å². The Balaban J connectivity index is 0.000000320. The molecule has 9 aromatic rings. The molecule has 18 nitrogen and oxygen atoms in total. The quantitative estimate of drug-likeness (QED) is 0.0161. The van der Waals surface area contributed by atoms with Crippen molar-refractivity contribution in [3.63, 3.8) is 0 Å². The van der Waals surface area contributed by atoms with Gasteiger partial charge in [-0.05, 0) is 219 Å². The Bertz CT molecular complexity index is 4940. The van der Waals surface area contributed by atoms with Crippen molar-refractivity contribution in [2.24, 2.45) is 0 Å². The Morgan fingerprint density at radius 2 is 0.781 bits per heavy atom. The van der Waals surface area contributed by atoms with E-state index in [9.17, 15) is 55.5 Å². The number of ether oxygens (including phenoxy) is 2. The number of rotatable bonds is 22. The second kappa shape index (κ2) is 42.1. The van der Waals surface area contributed by atoms with Gasteiger partial charge in [0.25, 0.3) is 0 Å². The van der Waals surface area contributed by atoms with Crippen LogP contribution in [0.1, 0.15) is 116 Å². The van der Waals surface area contributed by atoms with E-state index in [0.29, 0.717) is 15.6 Å². The minimum atomic E-state index is -5.75. The maximum Gasteiger partial charge on any atom is 1.00 e. The molecule has 1 saturated heterocycles. The zero-order chi connectivity index (χ0) is 82.2. The van der Waals surface area contributed by atoms with E-state index in [1.165, 1.54) is 37.1 Å². The number of carboxylic acids is 1. The Labute approximate surface area is 720 Å². The number of carbonyl (C=O) groups excluding carboxylic acids is 5. The summed E-state index contributed by atoms with van der Waals surface area (Å²) in [6.45, 7) is 27.4. The molecule has 0 unspecified atom stereocenters. The summed E-state index contributed by atoms with van der Waals surface area (Å²) in [7, 11) is -6.22. The van der Waals surface area contributed by atoms with E-state index in [0.717, 1.165) is 78.3 Å². The molecule has 0 radical (unpaired) electrons. The first-order valence-corrected chi connectivity index (χ1v) is 38.1. The average Bonchev–Trinajstić information content (AvgIpc) is 1.61. The maximum absolute atomic E-state index is 12.6. The van der Waals surface area contributed by atoms with Crippen molar-refractivity contribution >= 4 is 117 Å². The van der Waals surface area contributed by atoms with Gasteiger partial charge in [-0.3, -0.25) is 14.4 Å². The van der Waals surface area contributed by atoms with Crippen molar-refractivity contribution in [2.75, 3.05) is 13.2 Å². The van der Waals surface area contributed by atoms with Crippen LogP contribution < -0.4 is 55.2 Å². The van der Waals surface area contributed by atoms with Crippen LogP contribution in [-0.2, 0) is 76.9 Å². The summed E-state index contributed by atoms with van der Waals surface area (Å²) in [5.41, 5.74) is 5.65. The Kier molecular flexibility index (Phi) is 36.3. The Morgan fingerprint density at radius 3 is 1.13 bits per heavy atom. The van der Waals surface area contributed by atoms with Crippen LogP contribution in [0.4, 0.5) is 13.2 Å². The van der Waals surface area contributed by atoms with Crippen LogP contribution in [0.5, 0.6) is 5.75 Å². The molecule has 0 atom stereocenters. The molecule has 0 aliphatic carbocycles. The van der Waals surface area contributed by atoms with Crippen molar-refractivity contribution in [3.05, 3.63) is 249 Å². The van der Waals surface area contributed by atoms with Crippen LogP contribution in [0.25, 0.3) is 55.6 Å². The normalized spacial score (nSPS) is 12.8. The van der Waals surface area contributed by atoms with E-state index in [2.05, 4.69) is 75.6 Å². The molecule has 3 amide bonds. The predicted octanol–water partition coefficient (Wildman–Crippen LogP) is 15.5. The summed E-state index contributed by atoms with van der Waals surface area (Å²) in [5.74, 6) is -3.25. The van der Waals surface area contributed by atoms with Crippen molar-refractivity contribution in [3.8, 4) is 61.4 Å². The standard InChI is InChI=1S/C27H28ClNO3.C25H24ClNO3.C20H30BNO5.C14H10ClF3O3S.HI.Na.H2O/c1-5-32-26(31)27(3,4)29-25(30)16-19-7-6-8-21(15-19)23-14-13-22(28)17-24(23)20-11-9-18(2)10-12-20;1-16-7-9-18(10-8-16)22-15-20(26)11-12-21(22)19-6-4-5-17(13-19)14-23(28)27-25(2,3)24(29)30;1-8-25-17(24)18(2,3)22-16(23)13-14-10-9-11-15(12-14)21-26-19(4,5)20(6,7)27-21;1-9-2-4-10(5-3-9)12-8-11(15)6-7-13(12)21-22(19,20)14(16,17)18;;;/h6-15,17H,5,16H2,1-4H3,(H,29,30);4-13,15H,14H2,1-3H3,(H,27,28)(H,29,30);9-12H,8,13H2,1-7H3,(H,22,23);2-8H,1H3;1H;;1H2/q;;;;;+1;/p-1. The molecule has 0 saturated carbocycles. The number of halogens is 7. The van der Waals surface area contributed by atoms with Gasteiger partial charge >= 0.3 is 70.2 Å². The molecule has 0 bridgehead atoms. The van der Waals surface area contributed by atoms with Crippen LogP contribution in [-0.4, -0.2) is 108 Å². The summed E-state index contributed by atoms with van der Waals surface area (Å²) in [5, 5.41) is 18.8. The maximum atomic E-state index is 12.6. The topological polar surface area (TPSA) is 269 Å². The number of aryl methyl sites for hydroxylation is 3. The fourth-order valence-electron chi connectivity index (χ4n) is 11.2. The van der Waals surface area contributed by atoms with Gasteiger partial charge < -0.3 is 49.5 Å². The van der Waals surface area contributed by atoms with E-state index in [4.69, 9.17) is 53.6 Å². The van der Waals surface area contributed by atoms with E-state index in [-0.39, 0.29) is 120 Å². The third kappa shape index (κ3) is 27.8.